The standard InChI is InChI=1S/C18H15N3O4S2/c19-27(23,24)13-7-5-12(6-8-13)20-18-21-15(10-26-18)14-9-11-3-1-2-4-16(11)25-17(14)22/h1-10,17,22H,(H,20,21)(H2,19,23,24). The Morgan fingerprint density at radius 2 is 1.89 bits per heavy atom. The number of aromatic nitrogens is 1. The number of nitrogens with one attached hydrogen (secondary N) is 1. The van der Waals surface area contributed by atoms with E-state index in [2.05, 4.69) is 10.3 Å². The lowest BCUT2D eigenvalue weighted by atomic mass is 10.0. The minimum absolute atomic E-state index is 0.0409. The first-order valence-corrected chi connectivity index (χ1v) is 10.3. The number of aliphatic hydroxyl groups is 1. The number of hydrogen-bond donors (Lipinski definition) is 3. The van der Waals surface area contributed by atoms with E-state index in [4.69, 9.17) is 9.88 Å². The first-order chi connectivity index (χ1) is 12.9. The second-order valence-corrected chi connectivity index (χ2v) is 8.26. The lowest BCUT2D eigenvalue weighted by molar-refractivity contribution is 0.0318. The van der Waals surface area contributed by atoms with E-state index in [0.717, 1.165) is 5.56 Å². The van der Waals surface area contributed by atoms with Gasteiger partial charge in [0.15, 0.2) is 5.13 Å². The highest BCUT2D eigenvalue weighted by Gasteiger charge is 2.23. The first-order valence-electron chi connectivity index (χ1n) is 7.91. The van der Waals surface area contributed by atoms with Gasteiger partial charge in [-0.25, -0.2) is 18.5 Å². The smallest absolute Gasteiger partial charge is 0.238 e. The number of para-hydroxylation sites is 1. The third-order valence-corrected chi connectivity index (χ3v) is 5.66. The zero-order valence-corrected chi connectivity index (χ0v) is 15.5. The van der Waals surface area contributed by atoms with Crippen LogP contribution in [0.5, 0.6) is 5.75 Å². The summed E-state index contributed by atoms with van der Waals surface area (Å²) in [5.74, 6) is 0.622. The Labute approximate surface area is 159 Å². The van der Waals surface area contributed by atoms with Crippen LogP contribution < -0.4 is 15.2 Å². The van der Waals surface area contributed by atoms with E-state index in [-0.39, 0.29) is 4.90 Å². The van der Waals surface area contributed by atoms with Crippen LogP contribution in [0.3, 0.4) is 0 Å². The zero-order chi connectivity index (χ0) is 19.0. The number of fused-ring (bicyclic) bond motifs is 1. The predicted molar refractivity (Wildman–Crippen MR) is 104 cm³/mol. The Hall–Kier alpha value is -2.72. The average Bonchev–Trinajstić information content (AvgIpc) is 3.09. The topological polar surface area (TPSA) is 115 Å². The van der Waals surface area contributed by atoms with Gasteiger partial charge in [-0.2, -0.15) is 0 Å². The van der Waals surface area contributed by atoms with Crippen LogP contribution >= 0.6 is 11.3 Å². The van der Waals surface area contributed by atoms with Gasteiger partial charge in [0, 0.05) is 22.2 Å². The predicted octanol–water partition coefficient (Wildman–Crippen LogP) is 2.79. The van der Waals surface area contributed by atoms with E-state index in [1.165, 1.54) is 23.5 Å². The SMILES string of the molecule is NS(=O)(=O)c1ccc(Nc2nc(C3=Cc4ccccc4OC3O)cs2)cc1. The van der Waals surface area contributed by atoms with E-state index in [1.807, 2.05) is 29.7 Å². The molecule has 3 aromatic rings. The molecule has 4 rings (SSSR count). The molecule has 9 heteroatoms. The molecule has 1 aliphatic heterocycles. The second-order valence-electron chi connectivity index (χ2n) is 5.84. The Morgan fingerprint density at radius 3 is 2.63 bits per heavy atom. The molecule has 0 amide bonds. The summed E-state index contributed by atoms with van der Waals surface area (Å²) in [5.41, 5.74) is 2.72. The number of primary sulfonamides is 1. The molecule has 0 saturated heterocycles. The van der Waals surface area contributed by atoms with Crippen molar-refractivity contribution in [3.8, 4) is 5.75 Å². The summed E-state index contributed by atoms with van der Waals surface area (Å²) in [6, 6.07) is 13.5. The monoisotopic (exact) mass is 401 g/mol. The minimum atomic E-state index is -3.72. The summed E-state index contributed by atoms with van der Waals surface area (Å²) < 4.78 is 28.1. The molecule has 27 heavy (non-hydrogen) atoms. The highest BCUT2D eigenvalue weighted by Crippen LogP contribution is 2.34. The molecule has 0 radical (unpaired) electrons. The summed E-state index contributed by atoms with van der Waals surface area (Å²) in [5, 5.41) is 20.9. The van der Waals surface area contributed by atoms with Crippen LogP contribution in [-0.2, 0) is 10.0 Å². The van der Waals surface area contributed by atoms with Gasteiger partial charge in [0.25, 0.3) is 0 Å². The van der Waals surface area contributed by atoms with Crippen LogP contribution in [0, 0.1) is 0 Å². The van der Waals surface area contributed by atoms with Crippen molar-refractivity contribution in [1.82, 2.24) is 4.98 Å². The third-order valence-electron chi connectivity index (χ3n) is 3.97. The summed E-state index contributed by atoms with van der Waals surface area (Å²) >= 11 is 1.36. The van der Waals surface area contributed by atoms with Crippen LogP contribution in [0.1, 0.15) is 11.3 Å². The Balaban J connectivity index is 1.56. The molecular weight excluding hydrogens is 386 g/mol. The van der Waals surface area contributed by atoms with Crippen LogP contribution in [-0.4, -0.2) is 24.8 Å². The van der Waals surface area contributed by atoms with Gasteiger partial charge >= 0.3 is 0 Å². The van der Waals surface area contributed by atoms with E-state index >= 15 is 0 Å². The van der Waals surface area contributed by atoms with Gasteiger partial charge in [-0.1, -0.05) is 18.2 Å². The number of nitrogens with two attached hydrogens (primary N) is 1. The maximum absolute atomic E-state index is 11.3. The normalized spacial score (nSPS) is 16.2. The second kappa shape index (κ2) is 6.78. The molecule has 0 aliphatic carbocycles. The summed E-state index contributed by atoms with van der Waals surface area (Å²) in [6.45, 7) is 0. The molecule has 2 heterocycles. The first kappa shape index (κ1) is 17.7. The molecule has 1 aromatic heterocycles. The number of hydrogen-bond acceptors (Lipinski definition) is 7. The number of rotatable bonds is 4. The Kier molecular flexibility index (Phi) is 4.44. The summed E-state index contributed by atoms with van der Waals surface area (Å²) in [4.78, 5) is 4.52. The quantitative estimate of drug-likeness (QED) is 0.619. The maximum Gasteiger partial charge on any atom is 0.238 e. The number of aliphatic hydroxyl groups excluding tert-OH is 1. The van der Waals surface area contributed by atoms with Gasteiger partial charge in [-0.05, 0) is 36.4 Å². The number of benzene rings is 2. The van der Waals surface area contributed by atoms with Crippen molar-refractivity contribution in [2.45, 2.75) is 11.2 Å². The Bertz CT molecular complexity index is 1120. The highest BCUT2D eigenvalue weighted by atomic mass is 32.2. The molecule has 4 N–H and O–H groups in total. The van der Waals surface area contributed by atoms with Gasteiger partial charge in [0.1, 0.15) is 5.75 Å². The van der Waals surface area contributed by atoms with Gasteiger partial charge < -0.3 is 15.2 Å². The fourth-order valence-electron chi connectivity index (χ4n) is 2.65. The molecule has 138 valence electrons. The number of ether oxygens (including phenoxy) is 1. The lowest BCUT2D eigenvalue weighted by Crippen LogP contribution is -2.21. The van der Waals surface area contributed by atoms with Gasteiger partial charge in [0.2, 0.25) is 16.3 Å². The number of anilines is 2. The zero-order valence-electron chi connectivity index (χ0n) is 13.9. The number of nitrogens with zero attached hydrogens (tertiary/aromatic N) is 1. The Morgan fingerprint density at radius 1 is 1.15 bits per heavy atom. The van der Waals surface area contributed by atoms with Crippen LogP contribution in [0.15, 0.2) is 58.8 Å². The molecule has 0 bridgehead atoms. The van der Waals surface area contributed by atoms with Crippen LogP contribution in [0.2, 0.25) is 0 Å². The molecule has 0 spiro atoms. The van der Waals surface area contributed by atoms with Gasteiger partial charge in [0.05, 0.1) is 10.6 Å². The lowest BCUT2D eigenvalue weighted by Gasteiger charge is -2.22. The van der Waals surface area contributed by atoms with Crippen LogP contribution in [0.25, 0.3) is 11.6 Å². The molecule has 0 fully saturated rings. The minimum Gasteiger partial charge on any atom is -0.460 e. The van der Waals surface area contributed by atoms with E-state index in [0.29, 0.717) is 27.8 Å². The highest BCUT2D eigenvalue weighted by molar-refractivity contribution is 7.89. The largest absolute Gasteiger partial charge is 0.460 e. The van der Waals surface area contributed by atoms with Gasteiger partial charge in [-0.15, -0.1) is 11.3 Å². The van der Waals surface area contributed by atoms with Crippen molar-refractivity contribution in [2.24, 2.45) is 5.14 Å². The van der Waals surface area contributed by atoms with Crippen molar-refractivity contribution < 1.29 is 18.3 Å². The molecule has 2 aromatic carbocycles. The van der Waals surface area contributed by atoms with E-state index in [1.54, 1.807) is 18.2 Å². The molecule has 1 unspecified atom stereocenters. The third kappa shape index (κ3) is 3.71. The van der Waals surface area contributed by atoms with E-state index < -0.39 is 16.3 Å². The number of sulfonamides is 1. The van der Waals surface area contributed by atoms with Crippen molar-refractivity contribution >= 4 is 43.8 Å². The van der Waals surface area contributed by atoms with Crippen molar-refractivity contribution in [2.75, 3.05) is 5.32 Å². The van der Waals surface area contributed by atoms with Crippen molar-refractivity contribution in [1.29, 1.82) is 0 Å². The molecule has 1 atom stereocenters. The van der Waals surface area contributed by atoms with Crippen molar-refractivity contribution in [3.63, 3.8) is 0 Å². The molecule has 0 saturated carbocycles. The maximum atomic E-state index is 11.3. The summed E-state index contributed by atoms with van der Waals surface area (Å²) in [6.07, 6.45) is 0.757. The molecule has 7 nitrogen and oxygen atoms in total. The average molecular weight is 401 g/mol. The van der Waals surface area contributed by atoms with E-state index in [9.17, 15) is 13.5 Å². The fourth-order valence-corrected chi connectivity index (χ4v) is 3.90. The van der Waals surface area contributed by atoms with Crippen LogP contribution in [0.4, 0.5) is 10.8 Å². The summed E-state index contributed by atoms with van der Waals surface area (Å²) in [7, 11) is -3.72. The van der Waals surface area contributed by atoms with Crippen molar-refractivity contribution in [3.05, 3.63) is 65.2 Å². The molecular formula is C18H15N3O4S2. The van der Waals surface area contributed by atoms with Gasteiger partial charge in [-0.3, -0.25) is 0 Å². The molecule has 1 aliphatic rings. The number of thiazole rings is 1. The fraction of sp³-hybridized carbons (Fsp3) is 0.0556.